The normalized spacial score (nSPS) is 17.8. The van der Waals surface area contributed by atoms with Gasteiger partial charge in [0.25, 0.3) is 5.91 Å². The highest BCUT2D eigenvalue weighted by Gasteiger charge is 2.30. The van der Waals surface area contributed by atoms with E-state index >= 15 is 0 Å². The second kappa shape index (κ2) is 5.38. The third-order valence-corrected chi connectivity index (χ3v) is 4.05. The van der Waals surface area contributed by atoms with E-state index in [1.807, 2.05) is 0 Å². The summed E-state index contributed by atoms with van der Waals surface area (Å²) in [6.07, 6.45) is 6.87. The largest absolute Gasteiger partial charge is 0.336 e. The number of amides is 1. The van der Waals surface area contributed by atoms with Crippen molar-refractivity contribution in [3.8, 4) is 0 Å². The van der Waals surface area contributed by atoms with Crippen LogP contribution in [0.2, 0.25) is 0 Å². The molecule has 0 radical (unpaired) electrons. The van der Waals surface area contributed by atoms with E-state index in [0.717, 1.165) is 6.42 Å². The smallest absolute Gasteiger partial charge is 0.256 e. The molecule has 7 nitrogen and oxygen atoms in total. The lowest BCUT2D eigenvalue weighted by Crippen LogP contribution is -2.30. The van der Waals surface area contributed by atoms with Gasteiger partial charge in [0.1, 0.15) is 18.5 Å². The minimum atomic E-state index is -0.577. The SMILES string of the molecule is O=C(c1cc2nccnc2cc1F)N1CCC(n2cncn2)C1. The van der Waals surface area contributed by atoms with Crippen LogP contribution in [0, 0.1) is 5.82 Å². The van der Waals surface area contributed by atoms with Crippen LogP contribution in [0.25, 0.3) is 11.0 Å². The van der Waals surface area contributed by atoms with Gasteiger partial charge in [0.15, 0.2) is 0 Å². The van der Waals surface area contributed by atoms with Crippen molar-refractivity contribution in [1.82, 2.24) is 29.6 Å². The van der Waals surface area contributed by atoms with Gasteiger partial charge in [0.2, 0.25) is 0 Å². The summed E-state index contributed by atoms with van der Waals surface area (Å²) in [6, 6.07) is 2.79. The molecule has 1 amide bonds. The molecule has 1 atom stereocenters. The number of carbonyl (C=O) groups is 1. The second-order valence-electron chi connectivity index (χ2n) is 5.45. The zero-order valence-electron chi connectivity index (χ0n) is 12.1. The molecule has 116 valence electrons. The fraction of sp³-hybridized carbons (Fsp3) is 0.267. The summed E-state index contributed by atoms with van der Waals surface area (Å²) >= 11 is 0. The fourth-order valence-electron chi connectivity index (χ4n) is 2.87. The van der Waals surface area contributed by atoms with Gasteiger partial charge in [-0.25, -0.2) is 14.1 Å². The molecular weight excluding hydrogens is 299 g/mol. The van der Waals surface area contributed by atoms with E-state index in [1.54, 1.807) is 15.9 Å². The van der Waals surface area contributed by atoms with Crippen molar-refractivity contribution in [3.05, 3.63) is 48.6 Å². The quantitative estimate of drug-likeness (QED) is 0.716. The van der Waals surface area contributed by atoms with Crippen LogP contribution in [-0.4, -0.2) is 48.6 Å². The third-order valence-electron chi connectivity index (χ3n) is 4.05. The van der Waals surface area contributed by atoms with Crippen molar-refractivity contribution in [1.29, 1.82) is 0 Å². The lowest BCUT2D eigenvalue weighted by Gasteiger charge is -2.17. The van der Waals surface area contributed by atoms with Gasteiger partial charge in [-0.05, 0) is 12.5 Å². The zero-order valence-corrected chi connectivity index (χ0v) is 12.1. The summed E-state index contributed by atoms with van der Waals surface area (Å²) in [5.41, 5.74) is 0.963. The Morgan fingerprint density at radius 3 is 2.74 bits per heavy atom. The van der Waals surface area contributed by atoms with E-state index in [2.05, 4.69) is 20.1 Å². The number of fused-ring (bicyclic) bond motifs is 1. The topological polar surface area (TPSA) is 76.8 Å². The maximum atomic E-state index is 14.3. The van der Waals surface area contributed by atoms with Gasteiger partial charge < -0.3 is 4.90 Å². The highest BCUT2D eigenvalue weighted by molar-refractivity contribution is 5.97. The number of hydrogen-bond donors (Lipinski definition) is 0. The predicted octanol–water partition coefficient (Wildman–Crippen LogP) is 1.45. The Hall–Kier alpha value is -2.90. The maximum Gasteiger partial charge on any atom is 0.256 e. The molecule has 1 fully saturated rings. The molecule has 0 aliphatic carbocycles. The van der Waals surface area contributed by atoms with Gasteiger partial charge >= 0.3 is 0 Å². The van der Waals surface area contributed by atoms with Crippen molar-refractivity contribution in [2.75, 3.05) is 13.1 Å². The molecule has 8 heteroatoms. The van der Waals surface area contributed by atoms with Crippen LogP contribution in [0.4, 0.5) is 4.39 Å². The van der Waals surface area contributed by atoms with Crippen LogP contribution >= 0.6 is 0 Å². The van der Waals surface area contributed by atoms with Crippen LogP contribution in [0.3, 0.4) is 0 Å². The highest BCUT2D eigenvalue weighted by atomic mass is 19.1. The number of benzene rings is 1. The molecule has 2 aromatic heterocycles. The van der Waals surface area contributed by atoms with Gasteiger partial charge in [-0.1, -0.05) is 0 Å². The molecule has 1 aromatic carbocycles. The van der Waals surface area contributed by atoms with Crippen LogP contribution < -0.4 is 0 Å². The van der Waals surface area contributed by atoms with E-state index in [4.69, 9.17) is 0 Å². The second-order valence-corrected chi connectivity index (χ2v) is 5.45. The summed E-state index contributed by atoms with van der Waals surface area (Å²) < 4.78 is 16.0. The van der Waals surface area contributed by atoms with Crippen molar-refractivity contribution in [2.24, 2.45) is 0 Å². The minimum absolute atomic E-state index is 0.0252. The Morgan fingerprint density at radius 2 is 2.00 bits per heavy atom. The lowest BCUT2D eigenvalue weighted by atomic mass is 10.1. The standard InChI is InChI=1S/C15H13FN6O/c16-12-6-14-13(18-2-3-19-14)5-11(12)15(23)21-4-1-10(7-21)22-9-17-8-20-22/h2-3,5-6,8-10H,1,4,7H2. The zero-order chi connectivity index (χ0) is 15.8. The number of hydrogen-bond acceptors (Lipinski definition) is 5. The molecule has 3 heterocycles. The van der Waals surface area contributed by atoms with E-state index in [0.29, 0.717) is 24.1 Å². The number of rotatable bonds is 2. The molecule has 4 rings (SSSR count). The highest BCUT2D eigenvalue weighted by Crippen LogP contribution is 2.24. The first kappa shape index (κ1) is 13.7. The molecule has 1 saturated heterocycles. The van der Waals surface area contributed by atoms with Crippen molar-refractivity contribution in [3.63, 3.8) is 0 Å². The van der Waals surface area contributed by atoms with E-state index < -0.39 is 5.82 Å². The van der Waals surface area contributed by atoms with Gasteiger partial charge in [0, 0.05) is 31.5 Å². The summed E-state index contributed by atoms with van der Waals surface area (Å²) in [7, 11) is 0. The number of nitrogens with zero attached hydrogens (tertiary/aromatic N) is 6. The lowest BCUT2D eigenvalue weighted by molar-refractivity contribution is 0.0782. The number of likely N-dealkylation sites (tertiary alicyclic amines) is 1. The first-order valence-electron chi connectivity index (χ1n) is 7.26. The van der Waals surface area contributed by atoms with E-state index in [9.17, 15) is 9.18 Å². The molecule has 1 aliphatic heterocycles. The summed E-state index contributed by atoms with van der Waals surface area (Å²) in [6.45, 7) is 1.04. The number of carbonyl (C=O) groups excluding carboxylic acids is 1. The Balaban J connectivity index is 1.61. The maximum absolute atomic E-state index is 14.3. The van der Waals surface area contributed by atoms with E-state index in [-0.39, 0.29) is 17.5 Å². The number of aromatic nitrogens is 5. The van der Waals surface area contributed by atoms with Crippen molar-refractivity contribution < 1.29 is 9.18 Å². The van der Waals surface area contributed by atoms with Crippen LogP contribution in [0.5, 0.6) is 0 Å². The van der Waals surface area contributed by atoms with Crippen LogP contribution in [0.15, 0.2) is 37.2 Å². The van der Waals surface area contributed by atoms with Crippen molar-refractivity contribution in [2.45, 2.75) is 12.5 Å². The van der Waals surface area contributed by atoms with Gasteiger partial charge in [-0.2, -0.15) is 5.10 Å². The van der Waals surface area contributed by atoms with Crippen LogP contribution in [0.1, 0.15) is 22.8 Å². The van der Waals surface area contributed by atoms with E-state index in [1.165, 1.54) is 30.9 Å². The Kier molecular flexibility index (Phi) is 3.22. The molecule has 1 unspecified atom stereocenters. The summed E-state index contributed by atoms with van der Waals surface area (Å²) in [5, 5.41) is 4.10. The average molecular weight is 312 g/mol. The monoisotopic (exact) mass is 312 g/mol. The third kappa shape index (κ3) is 2.41. The first-order chi connectivity index (χ1) is 11.2. The summed E-state index contributed by atoms with van der Waals surface area (Å²) in [5.74, 6) is -0.912. The summed E-state index contributed by atoms with van der Waals surface area (Å²) in [4.78, 5) is 26.3. The Labute approximate surface area is 130 Å². The molecule has 23 heavy (non-hydrogen) atoms. The molecule has 1 aliphatic rings. The van der Waals surface area contributed by atoms with Gasteiger partial charge in [-0.15, -0.1) is 0 Å². The predicted molar refractivity (Wildman–Crippen MR) is 79.1 cm³/mol. The Bertz CT molecular complexity index is 866. The fourth-order valence-corrected chi connectivity index (χ4v) is 2.87. The molecule has 0 spiro atoms. The average Bonchev–Trinajstić information content (AvgIpc) is 3.24. The molecule has 0 N–H and O–H groups in total. The molecular formula is C15H13FN6O. The molecule has 0 saturated carbocycles. The van der Waals surface area contributed by atoms with Gasteiger partial charge in [0.05, 0.1) is 22.6 Å². The minimum Gasteiger partial charge on any atom is -0.336 e. The molecule has 0 bridgehead atoms. The van der Waals surface area contributed by atoms with Gasteiger partial charge in [-0.3, -0.25) is 14.8 Å². The molecule has 3 aromatic rings. The number of halogens is 1. The van der Waals surface area contributed by atoms with Crippen LogP contribution in [-0.2, 0) is 0 Å². The first-order valence-corrected chi connectivity index (χ1v) is 7.26. The Morgan fingerprint density at radius 1 is 1.22 bits per heavy atom. The van der Waals surface area contributed by atoms with Crippen molar-refractivity contribution >= 4 is 16.9 Å².